The van der Waals surface area contributed by atoms with Crippen LogP contribution in [0.15, 0.2) is 23.4 Å². The highest BCUT2D eigenvalue weighted by atomic mass is 32.2. The van der Waals surface area contributed by atoms with E-state index < -0.39 is 10.0 Å². The Kier molecular flexibility index (Phi) is 4.12. The Hall–Kier alpha value is -1.22. The summed E-state index contributed by atoms with van der Waals surface area (Å²) in [6.45, 7) is 1.54. The number of ether oxygens (including phenoxy) is 2. The van der Waals surface area contributed by atoms with Gasteiger partial charge in [-0.05, 0) is 6.07 Å². The minimum Gasteiger partial charge on any atom is -0.398 e. The molecule has 1 aromatic heterocycles. The zero-order valence-corrected chi connectivity index (χ0v) is 10.5. The van der Waals surface area contributed by atoms with Crippen molar-refractivity contribution in [3.63, 3.8) is 0 Å². The summed E-state index contributed by atoms with van der Waals surface area (Å²) in [5, 5.41) is 0. The summed E-state index contributed by atoms with van der Waals surface area (Å²) < 4.78 is 36.9. The molecule has 0 spiro atoms. The lowest BCUT2D eigenvalue weighted by Gasteiger charge is -2.23. The van der Waals surface area contributed by atoms with Crippen molar-refractivity contribution in [1.29, 1.82) is 0 Å². The number of pyridine rings is 1. The van der Waals surface area contributed by atoms with Gasteiger partial charge in [-0.3, -0.25) is 4.98 Å². The highest BCUT2D eigenvalue weighted by Crippen LogP contribution is 2.15. The second-order valence-electron chi connectivity index (χ2n) is 3.83. The molecule has 1 aliphatic rings. The van der Waals surface area contributed by atoms with E-state index in [1.807, 2.05) is 0 Å². The minimum absolute atomic E-state index is 0.0262. The van der Waals surface area contributed by atoms with E-state index in [1.165, 1.54) is 18.5 Å². The molecule has 0 aliphatic carbocycles. The van der Waals surface area contributed by atoms with Crippen molar-refractivity contribution in [1.82, 2.24) is 9.71 Å². The number of nitrogens with two attached hydrogens (primary N) is 1. The molecule has 1 unspecified atom stereocenters. The first-order valence-electron chi connectivity index (χ1n) is 5.48. The number of nitrogens with zero attached hydrogens (tertiary/aromatic N) is 1. The van der Waals surface area contributed by atoms with Gasteiger partial charge < -0.3 is 15.2 Å². The lowest BCUT2D eigenvalue weighted by atomic mass is 10.3. The highest BCUT2D eigenvalue weighted by molar-refractivity contribution is 7.89. The molecule has 7 nitrogen and oxygen atoms in total. The average molecular weight is 273 g/mol. The van der Waals surface area contributed by atoms with Gasteiger partial charge in [-0.1, -0.05) is 0 Å². The molecule has 0 radical (unpaired) electrons. The summed E-state index contributed by atoms with van der Waals surface area (Å²) in [5.41, 5.74) is 5.77. The summed E-state index contributed by atoms with van der Waals surface area (Å²) in [6.07, 6.45) is 2.38. The molecule has 1 saturated heterocycles. The highest BCUT2D eigenvalue weighted by Gasteiger charge is 2.21. The fraction of sp³-hybridized carbons (Fsp3) is 0.500. The normalized spacial score (nSPS) is 20.8. The van der Waals surface area contributed by atoms with E-state index >= 15 is 0 Å². The standard InChI is InChI=1S/C10H15N3O4S/c11-9-1-2-12-6-10(9)18(14,15)13-5-8-7-16-3-4-17-8/h1-2,6,8,13H,3-5,7H2,(H2,11,12). The van der Waals surface area contributed by atoms with Crippen molar-refractivity contribution in [3.8, 4) is 0 Å². The number of nitrogen functional groups attached to an aromatic ring is 1. The summed E-state index contributed by atoms with van der Waals surface area (Å²) in [7, 11) is -3.66. The summed E-state index contributed by atoms with van der Waals surface area (Å²) in [5.74, 6) is 0. The van der Waals surface area contributed by atoms with Gasteiger partial charge in [-0.2, -0.15) is 0 Å². The number of hydrogen-bond acceptors (Lipinski definition) is 6. The van der Waals surface area contributed by atoms with Crippen LogP contribution in [0.25, 0.3) is 0 Å². The van der Waals surface area contributed by atoms with Crippen molar-refractivity contribution < 1.29 is 17.9 Å². The molecule has 8 heteroatoms. The van der Waals surface area contributed by atoms with Gasteiger partial charge in [-0.25, -0.2) is 13.1 Å². The largest absolute Gasteiger partial charge is 0.398 e. The number of nitrogens with one attached hydrogen (secondary N) is 1. The van der Waals surface area contributed by atoms with Gasteiger partial charge >= 0.3 is 0 Å². The lowest BCUT2D eigenvalue weighted by molar-refractivity contribution is -0.0846. The SMILES string of the molecule is Nc1ccncc1S(=O)(=O)NCC1COCCO1. The molecule has 2 rings (SSSR count). The zero-order valence-electron chi connectivity index (χ0n) is 9.70. The van der Waals surface area contributed by atoms with Crippen molar-refractivity contribution in [2.24, 2.45) is 0 Å². The molecular weight excluding hydrogens is 258 g/mol. The topological polar surface area (TPSA) is 104 Å². The molecule has 100 valence electrons. The summed E-state index contributed by atoms with van der Waals surface area (Å²) in [6, 6.07) is 1.44. The minimum atomic E-state index is -3.66. The van der Waals surface area contributed by atoms with Crippen LogP contribution in [-0.2, 0) is 19.5 Å². The first-order valence-corrected chi connectivity index (χ1v) is 6.96. The Morgan fingerprint density at radius 3 is 3.00 bits per heavy atom. The maximum Gasteiger partial charge on any atom is 0.244 e. The van der Waals surface area contributed by atoms with Gasteiger partial charge in [-0.15, -0.1) is 0 Å². The van der Waals surface area contributed by atoms with E-state index in [9.17, 15) is 8.42 Å². The molecule has 2 heterocycles. The second kappa shape index (κ2) is 5.61. The van der Waals surface area contributed by atoms with Crippen LogP contribution in [0.3, 0.4) is 0 Å². The maximum absolute atomic E-state index is 12.0. The van der Waals surface area contributed by atoms with Crippen molar-refractivity contribution in [2.75, 3.05) is 32.1 Å². The Labute approximate surface area is 105 Å². The van der Waals surface area contributed by atoms with Crippen LogP contribution < -0.4 is 10.5 Å². The van der Waals surface area contributed by atoms with Crippen molar-refractivity contribution in [2.45, 2.75) is 11.0 Å². The van der Waals surface area contributed by atoms with Gasteiger partial charge in [0.1, 0.15) is 4.90 Å². The van der Waals surface area contributed by atoms with Crippen LogP contribution in [0.5, 0.6) is 0 Å². The van der Waals surface area contributed by atoms with E-state index in [-0.39, 0.29) is 23.2 Å². The van der Waals surface area contributed by atoms with Gasteiger partial charge in [0.15, 0.2) is 0 Å². The first-order chi connectivity index (χ1) is 8.59. The van der Waals surface area contributed by atoms with E-state index in [4.69, 9.17) is 15.2 Å². The summed E-state index contributed by atoms with van der Waals surface area (Å²) >= 11 is 0. The fourth-order valence-electron chi connectivity index (χ4n) is 1.55. The van der Waals surface area contributed by atoms with Crippen LogP contribution >= 0.6 is 0 Å². The summed E-state index contributed by atoms with van der Waals surface area (Å²) in [4.78, 5) is 3.73. The monoisotopic (exact) mass is 273 g/mol. The molecule has 0 saturated carbocycles. The molecular formula is C10H15N3O4S. The van der Waals surface area contributed by atoms with E-state index in [2.05, 4.69) is 9.71 Å². The molecule has 0 bridgehead atoms. The third kappa shape index (κ3) is 3.16. The number of aromatic nitrogens is 1. The Balaban J connectivity index is 2.01. The molecule has 0 amide bonds. The van der Waals surface area contributed by atoms with Crippen LogP contribution in [0.4, 0.5) is 5.69 Å². The van der Waals surface area contributed by atoms with Gasteiger partial charge in [0.05, 0.1) is 31.6 Å². The molecule has 0 aromatic carbocycles. The Morgan fingerprint density at radius 1 is 1.50 bits per heavy atom. The molecule has 1 atom stereocenters. The first kappa shape index (κ1) is 13.2. The van der Waals surface area contributed by atoms with E-state index in [1.54, 1.807) is 0 Å². The molecule has 18 heavy (non-hydrogen) atoms. The number of hydrogen-bond donors (Lipinski definition) is 2. The molecule has 1 aromatic rings. The van der Waals surface area contributed by atoms with Crippen LogP contribution in [0.1, 0.15) is 0 Å². The van der Waals surface area contributed by atoms with E-state index in [0.29, 0.717) is 19.8 Å². The Morgan fingerprint density at radius 2 is 2.33 bits per heavy atom. The number of sulfonamides is 1. The predicted molar refractivity (Wildman–Crippen MR) is 64.4 cm³/mol. The molecule has 1 aliphatic heterocycles. The smallest absolute Gasteiger partial charge is 0.244 e. The quantitative estimate of drug-likeness (QED) is 0.756. The average Bonchev–Trinajstić information content (AvgIpc) is 2.38. The van der Waals surface area contributed by atoms with E-state index in [0.717, 1.165) is 0 Å². The third-order valence-corrected chi connectivity index (χ3v) is 3.96. The van der Waals surface area contributed by atoms with Crippen LogP contribution in [0, 0.1) is 0 Å². The van der Waals surface area contributed by atoms with Crippen LogP contribution in [-0.4, -0.2) is 45.9 Å². The van der Waals surface area contributed by atoms with Crippen molar-refractivity contribution >= 4 is 15.7 Å². The predicted octanol–water partition coefficient (Wildman–Crippen LogP) is -0.642. The second-order valence-corrected chi connectivity index (χ2v) is 5.57. The van der Waals surface area contributed by atoms with Crippen molar-refractivity contribution in [3.05, 3.63) is 18.5 Å². The number of anilines is 1. The van der Waals surface area contributed by atoms with Gasteiger partial charge in [0, 0.05) is 18.9 Å². The van der Waals surface area contributed by atoms with Crippen LogP contribution in [0.2, 0.25) is 0 Å². The third-order valence-electron chi connectivity index (χ3n) is 2.49. The maximum atomic E-state index is 12.0. The van der Waals surface area contributed by atoms with Gasteiger partial charge in [0.25, 0.3) is 0 Å². The zero-order chi connectivity index (χ0) is 13.0. The Bertz CT molecular complexity index is 500. The lowest BCUT2D eigenvalue weighted by Crippen LogP contribution is -2.39. The molecule has 3 N–H and O–H groups in total. The number of rotatable bonds is 4. The van der Waals surface area contributed by atoms with Gasteiger partial charge in [0.2, 0.25) is 10.0 Å². The molecule has 1 fully saturated rings. The fourth-order valence-corrected chi connectivity index (χ4v) is 2.69.